The Bertz CT molecular complexity index is 584. The van der Waals surface area contributed by atoms with Gasteiger partial charge in [0, 0.05) is 6.07 Å². The van der Waals surface area contributed by atoms with Crippen LogP contribution in [0, 0.1) is 11.6 Å². The van der Waals surface area contributed by atoms with Crippen LogP contribution in [0.1, 0.15) is 24.2 Å². The molecular formula is C10H11F2NO4S. The molecule has 0 fully saturated rings. The van der Waals surface area contributed by atoms with Crippen LogP contribution in [0.2, 0.25) is 0 Å². The quantitative estimate of drug-likeness (QED) is 0.880. The van der Waals surface area contributed by atoms with E-state index in [4.69, 9.17) is 5.11 Å². The summed E-state index contributed by atoms with van der Waals surface area (Å²) in [6.45, 7) is 2.73. The van der Waals surface area contributed by atoms with Gasteiger partial charge in [-0.1, -0.05) is 0 Å². The zero-order chi connectivity index (χ0) is 14.1. The summed E-state index contributed by atoms with van der Waals surface area (Å²) in [7, 11) is -3.83. The number of benzene rings is 1. The molecule has 0 heterocycles. The molecule has 18 heavy (non-hydrogen) atoms. The molecule has 0 amide bonds. The van der Waals surface area contributed by atoms with Crippen LogP contribution in [-0.2, 0) is 10.0 Å². The summed E-state index contributed by atoms with van der Waals surface area (Å²) in [5.41, 5.74) is -1.40. The van der Waals surface area contributed by atoms with E-state index in [0.717, 1.165) is 0 Å². The van der Waals surface area contributed by atoms with Crippen molar-refractivity contribution in [1.29, 1.82) is 0 Å². The van der Waals surface area contributed by atoms with E-state index >= 15 is 0 Å². The lowest BCUT2D eigenvalue weighted by Gasteiger charge is -2.12. The van der Waals surface area contributed by atoms with E-state index in [1.165, 1.54) is 13.8 Å². The van der Waals surface area contributed by atoms with Gasteiger partial charge in [-0.25, -0.2) is 22.0 Å². The average molecular weight is 279 g/mol. The second-order valence-electron chi connectivity index (χ2n) is 3.81. The number of halogens is 2. The average Bonchev–Trinajstić information content (AvgIpc) is 2.21. The lowest BCUT2D eigenvalue weighted by molar-refractivity contribution is 0.0692. The lowest BCUT2D eigenvalue weighted by atomic mass is 10.2. The number of sulfonamides is 1. The van der Waals surface area contributed by atoms with Gasteiger partial charge in [0.05, 0.1) is 16.5 Å². The highest BCUT2D eigenvalue weighted by Gasteiger charge is 2.21. The van der Waals surface area contributed by atoms with Crippen molar-refractivity contribution in [2.75, 3.05) is 4.72 Å². The van der Waals surface area contributed by atoms with Crippen molar-refractivity contribution in [2.45, 2.75) is 19.1 Å². The molecule has 1 aromatic carbocycles. The van der Waals surface area contributed by atoms with E-state index in [9.17, 15) is 22.0 Å². The second-order valence-corrected chi connectivity index (χ2v) is 6.05. The first-order valence-electron chi connectivity index (χ1n) is 4.89. The summed E-state index contributed by atoms with van der Waals surface area (Å²) in [5, 5.41) is 7.81. The van der Waals surface area contributed by atoms with Gasteiger partial charge < -0.3 is 5.11 Å². The Hall–Kier alpha value is -1.70. The van der Waals surface area contributed by atoms with E-state index in [1.54, 1.807) is 0 Å². The maximum absolute atomic E-state index is 13.3. The van der Waals surface area contributed by atoms with Crippen molar-refractivity contribution in [2.24, 2.45) is 0 Å². The van der Waals surface area contributed by atoms with Crippen LogP contribution in [-0.4, -0.2) is 24.7 Å². The van der Waals surface area contributed by atoms with Gasteiger partial charge in [0.15, 0.2) is 0 Å². The van der Waals surface area contributed by atoms with Crippen LogP contribution in [0.15, 0.2) is 12.1 Å². The molecule has 0 spiro atoms. The highest BCUT2D eigenvalue weighted by molar-refractivity contribution is 7.93. The Morgan fingerprint density at radius 2 is 1.83 bits per heavy atom. The van der Waals surface area contributed by atoms with Crippen LogP contribution in [0.3, 0.4) is 0 Å². The summed E-state index contributed by atoms with van der Waals surface area (Å²) in [6, 6.07) is 0.925. The maximum Gasteiger partial charge on any atom is 0.338 e. The first kappa shape index (κ1) is 14.4. The summed E-state index contributed by atoms with van der Waals surface area (Å²) >= 11 is 0. The number of hydrogen-bond donors (Lipinski definition) is 2. The van der Waals surface area contributed by atoms with E-state index < -0.39 is 44.1 Å². The number of carboxylic acid groups (broad SMARTS) is 1. The molecule has 0 aliphatic heterocycles. The van der Waals surface area contributed by atoms with Crippen LogP contribution in [0.25, 0.3) is 0 Å². The fourth-order valence-corrected chi connectivity index (χ4v) is 1.76. The molecule has 0 atom stereocenters. The smallest absolute Gasteiger partial charge is 0.338 e. The first-order chi connectivity index (χ1) is 8.15. The minimum Gasteiger partial charge on any atom is -0.478 e. The summed E-state index contributed by atoms with van der Waals surface area (Å²) in [6.07, 6.45) is 0. The zero-order valence-electron chi connectivity index (χ0n) is 9.57. The molecule has 1 aromatic rings. The van der Waals surface area contributed by atoms with Gasteiger partial charge in [0.1, 0.15) is 11.6 Å². The molecule has 0 aliphatic carbocycles. The number of aromatic carboxylic acids is 1. The third kappa shape index (κ3) is 2.95. The number of carbonyl (C=O) groups is 1. The normalized spacial score (nSPS) is 11.6. The Morgan fingerprint density at radius 1 is 1.28 bits per heavy atom. The number of nitrogens with one attached hydrogen (secondary N) is 1. The summed E-state index contributed by atoms with van der Waals surface area (Å²) in [5.74, 6) is -4.06. The largest absolute Gasteiger partial charge is 0.478 e. The van der Waals surface area contributed by atoms with Gasteiger partial charge in [-0.15, -0.1) is 0 Å². The molecule has 2 N–H and O–H groups in total. The molecular weight excluding hydrogens is 268 g/mol. The van der Waals surface area contributed by atoms with Crippen molar-refractivity contribution in [3.8, 4) is 0 Å². The molecule has 0 saturated heterocycles. The van der Waals surface area contributed by atoms with E-state index in [-0.39, 0.29) is 0 Å². The van der Waals surface area contributed by atoms with Crippen LogP contribution in [0.5, 0.6) is 0 Å². The molecule has 1 rings (SSSR count). The van der Waals surface area contributed by atoms with Crippen molar-refractivity contribution in [3.63, 3.8) is 0 Å². The van der Waals surface area contributed by atoms with Gasteiger partial charge in [0.25, 0.3) is 0 Å². The zero-order valence-corrected chi connectivity index (χ0v) is 10.4. The maximum atomic E-state index is 13.3. The SMILES string of the molecule is CC(C)S(=O)(=O)Nc1cc(C(=O)O)c(F)cc1F. The Labute approximate surface area is 102 Å². The van der Waals surface area contributed by atoms with Crippen molar-refractivity contribution in [3.05, 3.63) is 29.3 Å². The highest BCUT2D eigenvalue weighted by atomic mass is 32.2. The van der Waals surface area contributed by atoms with Gasteiger partial charge in [-0.2, -0.15) is 0 Å². The van der Waals surface area contributed by atoms with E-state index in [1.807, 2.05) is 4.72 Å². The Balaban J connectivity index is 3.27. The van der Waals surface area contributed by atoms with Crippen molar-refractivity contribution >= 4 is 21.7 Å². The predicted octanol–water partition coefficient (Wildman–Crippen LogP) is 1.81. The highest BCUT2D eigenvalue weighted by Crippen LogP contribution is 2.21. The molecule has 0 bridgehead atoms. The fourth-order valence-electron chi connectivity index (χ4n) is 1.06. The molecule has 8 heteroatoms. The van der Waals surface area contributed by atoms with Crippen LogP contribution >= 0.6 is 0 Å². The van der Waals surface area contributed by atoms with Crippen molar-refractivity contribution in [1.82, 2.24) is 0 Å². The first-order valence-corrected chi connectivity index (χ1v) is 6.43. The minimum absolute atomic E-state index is 0.321. The standard InChI is InChI=1S/C10H11F2NO4S/c1-5(2)18(16,17)13-9-3-6(10(14)15)7(11)4-8(9)12/h3-5,13H,1-2H3,(H,14,15). The Morgan fingerprint density at radius 3 is 2.28 bits per heavy atom. The summed E-state index contributed by atoms with van der Waals surface area (Å²) in [4.78, 5) is 10.6. The van der Waals surface area contributed by atoms with Crippen molar-refractivity contribution < 1.29 is 27.1 Å². The summed E-state index contributed by atoms with van der Waals surface area (Å²) < 4.78 is 51.3. The third-order valence-electron chi connectivity index (χ3n) is 2.16. The van der Waals surface area contributed by atoms with Gasteiger partial charge in [-0.05, 0) is 19.9 Å². The van der Waals surface area contributed by atoms with Gasteiger partial charge in [-0.3, -0.25) is 4.72 Å². The number of rotatable bonds is 4. The molecule has 0 aliphatic rings. The molecule has 0 saturated carbocycles. The Kier molecular flexibility index (Phi) is 3.90. The minimum atomic E-state index is -3.83. The molecule has 5 nitrogen and oxygen atoms in total. The molecule has 100 valence electrons. The number of hydrogen-bond acceptors (Lipinski definition) is 3. The number of anilines is 1. The van der Waals surface area contributed by atoms with E-state index in [0.29, 0.717) is 12.1 Å². The lowest BCUT2D eigenvalue weighted by Crippen LogP contribution is -2.23. The van der Waals surface area contributed by atoms with Crippen LogP contribution in [0.4, 0.5) is 14.5 Å². The molecule has 0 unspecified atom stereocenters. The predicted molar refractivity (Wildman–Crippen MR) is 61.0 cm³/mol. The van der Waals surface area contributed by atoms with Crippen LogP contribution < -0.4 is 4.72 Å². The topological polar surface area (TPSA) is 83.5 Å². The molecule has 0 aromatic heterocycles. The monoisotopic (exact) mass is 279 g/mol. The van der Waals surface area contributed by atoms with Gasteiger partial charge >= 0.3 is 5.97 Å². The van der Waals surface area contributed by atoms with E-state index in [2.05, 4.69) is 0 Å². The van der Waals surface area contributed by atoms with Gasteiger partial charge in [0.2, 0.25) is 10.0 Å². The number of carboxylic acids is 1. The molecule has 0 radical (unpaired) electrons. The fraction of sp³-hybridized carbons (Fsp3) is 0.300. The third-order valence-corrected chi connectivity index (χ3v) is 3.91. The second kappa shape index (κ2) is 4.89.